The Kier molecular flexibility index (Phi) is 6.15. The van der Waals surface area contributed by atoms with Gasteiger partial charge in [0.25, 0.3) is 0 Å². The number of carbonyl (C=O) groups excluding carboxylic acids is 2. The molecule has 158 valence electrons. The van der Waals surface area contributed by atoms with Gasteiger partial charge in [0.2, 0.25) is 11.8 Å². The average Bonchev–Trinajstić information content (AvgIpc) is 3.09. The molecule has 3 aliphatic rings. The Hall–Kier alpha value is -2.00. The van der Waals surface area contributed by atoms with Crippen LogP contribution in [0.1, 0.15) is 0 Å². The van der Waals surface area contributed by atoms with E-state index in [1.807, 2.05) is 35.2 Å². The summed E-state index contributed by atoms with van der Waals surface area (Å²) in [4.78, 5) is 33.1. The highest BCUT2D eigenvalue weighted by Crippen LogP contribution is 2.32. The van der Waals surface area contributed by atoms with Gasteiger partial charge in [0.05, 0.1) is 30.2 Å². The van der Waals surface area contributed by atoms with Crippen LogP contribution in [0.5, 0.6) is 0 Å². The molecule has 1 N–H and O–H groups in total. The van der Waals surface area contributed by atoms with Crippen LogP contribution in [0, 0.1) is 11.8 Å². The van der Waals surface area contributed by atoms with Crippen LogP contribution in [0.2, 0.25) is 0 Å². The normalized spacial score (nSPS) is 28.6. The summed E-state index contributed by atoms with van der Waals surface area (Å²) in [5.74, 6) is -0.279. The first-order valence-corrected chi connectivity index (χ1v) is 10.4. The van der Waals surface area contributed by atoms with E-state index in [2.05, 4.69) is 22.3 Å². The first kappa shape index (κ1) is 20.3. The summed E-state index contributed by atoms with van der Waals surface area (Å²) >= 11 is 0. The molecular formula is C21H31N5O3. The number of likely N-dealkylation sites (N-methyl/N-ethyl adjacent to an activating group) is 1. The molecule has 0 spiro atoms. The van der Waals surface area contributed by atoms with Crippen LogP contribution in [-0.2, 0) is 14.3 Å². The molecule has 0 aromatic heterocycles. The fourth-order valence-corrected chi connectivity index (χ4v) is 4.60. The number of fused-ring (bicyclic) bond motifs is 1. The number of ether oxygens (including phenoxy) is 1. The summed E-state index contributed by atoms with van der Waals surface area (Å²) in [5.41, 5.74) is 4.20. The van der Waals surface area contributed by atoms with Crippen molar-refractivity contribution in [3.8, 4) is 0 Å². The molecule has 3 fully saturated rings. The summed E-state index contributed by atoms with van der Waals surface area (Å²) in [5, 5.41) is 1.64. The number of piperidine rings is 1. The zero-order chi connectivity index (χ0) is 20.4. The lowest BCUT2D eigenvalue weighted by molar-refractivity contribution is -0.141. The number of amides is 2. The van der Waals surface area contributed by atoms with Gasteiger partial charge < -0.3 is 14.5 Å². The third-order valence-corrected chi connectivity index (χ3v) is 6.35. The summed E-state index contributed by atoms with van der Waals surface area (Å²) < 4.78 is 5.24. The largest absolute Gasteiger partial charge is 0.383 e. The number of para-hydroxylation sites is 1. The molecule has 4 rings (SSSR count). The van der Waals surface area contributed by atoms with E-state index in [4.69, 9.17) is 4.74 Å². The first-order chi connectivity index (χ1) is 14.1. The second-order valence-corrected chi connectivity index (χ2v) is 8.26. The topological polar surface area (TPSA) is 68.4 Å². The van der Waals surface area contributed by atoms with Crippen LogP contribution < -0.4 is 10.4 Å². The van der Waals surface area contributed by atoms with E-state index in [9.17, 15) is 9.59 Å². The van der Waals surface area contributed by atoms with Crippen molar-refractivity contribution in [2.45, 2.75) is 6.04 Å². The fraction of sp³-hybridized carbons (Fsp3) is 0.619. The minimum absolute atomic E-state index is 0.0412. The Morgan fingerprint density at radius 1 is 1.14 bits per heavy atom. The number of carbonyl (C=O) groups is 2. The van der Waals surface area contributed by atoms with Crippen LogP contribution in [0.3, 0.4) is 0 Å². The molecule has 29 heavy (non-hydrogen) atoms. The number of anilines is 1. The van der Waals surface area contributed by atoms with E-state index < -0.39 is 0 Å². The predicted octanol–water partition coefficient (Wildman–Crippen LogP) is -0.125. The summed E-state index contributed by atoms with van der Waals surface area (Å²) in [7, 11) is 3.76. The zero-order valence-electron chi connectivity index (χ0n) is 17.3. The van der Waals surface area contributed by atoms with Gasteiger partial charge >= 0.3 is 0 Å². The molecule has 3 unspecified atom stereocenters. The molecule has 2 amide bonds. The van der Waals surface area contributed by atoms with Gasteiger partial charge in [-0.15, -0.1) is 0 Å². The minimum atomic E-state index is -0.244. The lowest BCUT2D eigenvalue weighted by Gasteiger charge is -2.41. The molecule has 3 aliphatic heterocycles. The number of methoxy groups -OCH3 is 1. The molecule has 8 nitrogen and oxygen atoms in total. The van der Waals surface area contributed by atoms with Crippen molar-refractivity contribution in [3.05, 3.63) is 30.3 Å². The van der Waals surface area contributed by atoms with Gasteiger partial charge in [-0.2, -0.15) is 0 Å². The van der Waals surface area contributed by atoms with Crippen molar-refractivity contribution in [3.63, 3.8) is 0 Å². The number of hydrazine groups is 1. The smallest absolute Gasteiger partial charge is 0.247 e. The number of hydrogen-bond acceptors (Lipinski definition) is 6. The van der Waals surface area contributed by atoms with Crippen molar-refractivity contribution in [1.82, 2.24) is 20.1 Å². The lowest BCUT2D eigenvalue weighted by Crippen LogP contribution is -2.59. The molecule has 1 aromatic carbocycles. The summed E-state index contributed by atoms with van der Waals surface area (Å²) in [6.07, 6.45) is 0. The van der Waals surface area contributed by atoms with Crippen LogP contribution >= 0.6 is 0 Å². The molecule has 0 aliphatic carbocycles. The molecule has 3 saturated heterocycles. The monoisotopic (exact) mass is 401 g/mol. The Bertz CT molecular complexity index is 722. The standard InChI is InChI=1S/C21H31N5O3/c1-23-8-10-25(11-9-23)20(27)17-14-24(12-13-29-2)15-18-19(17)22-26(21(18)28)16-6-4-3-5-7-16/h3-7,17-19,22H,8-15H2,1-2H3. The van der Waals surface area contributed by atoms with Crippen LogP contribution in [0.4, 0.5) is 5.69 Å². The van der Waals surface area contributed by atoms with Gasteiger partial charge in [-0.1, -0.05) is 18.2 Å². The number of hydrogen-bond donors (Lipinski definition) is 1. The van der Waals surface area contributed by atoms with E-state index in [-0.39, 0.29) is 29.7 Å². The highest BCUT2D eigenvalue weighted by molar-refractivity contribution is 5.98. The van der Waals surface area contributed by atoms with Gasteiger partial charge in [0, 0.05) is 52.9 Å². The molecule has 1 aromatic rings. The van der Waals surface area contributed by atoms with Gasteiger partial charge in [-0.25, -0.2) is 10.4 Å². The molecule has 0 radical (unpaired) electrons. The second-order valence-electron chi connectivity index (χ2n) is 8.26. The van der Waals surface area contributed by atoms with E-state index in [1.54, 1.807) is 12.1 Å². The Morgan fingerprint density at radius 3 is 2.55 bits per heavy atom. The number of rotatable bonds is 5. The van der Waals surface area contributed by atoms with Crippen molar-refractivity contribution < 1.29 is 14.3 Å². The van der Waals surface area contributed by atoms with E-state index in [0.29, 0.717) is 19.7 Å². The van der Waals surface area contributed by atoms with Gasteiger partial charge in [0.1, 0.15) is 0 Å². The zero-order valence-corrected chi connectivity index (χ0v) is 17.3. The highest BCUT2D eigenvalue weighted by Gasteiger charge is 2.51. The molecular weight excluding hydrogens is 370 g/mol. The summed E-state index contributed by atoms with van der Waals surface area (Å²) in [6.45, 7) is 5.90. The number of benzene rings is 1. The maximum atomic E-state index is 13.5. The number of nitrogens with zero attached hydrogens (tertiary/aromatic N) is 4. The predicted molar refractivity (Wildman–Crippen MR) is 110 cm³/mol. The van der Waals surface area contributed by atoms with Gasteiger partial charge in [0.15, 0.2) is 0 Å². The third-order valence-electron chi connectivity index (χ3n) is 6.35. The van der Waals surface area contributed by atoms with Crippen LogP contribution in [0.25, 0.3) is 0 Å². The molecule has 3 atom stereocenters. The van der Waals surface area contributed by atoms with Gasteiger partial charge in [-0.3, -0.25) is 14.5 Å². The minimum Gasteiger partial charge on any atom is -0.383 e. The highest BCUT2D eigenvalue weighted by atomic mass is 16.5. The van der Waals surface area contributed by atoms with E-state index in [0.717, 1.165) is 38.4 Å². The number of piperazine rings is 1. The molecule has 0 saturated carbocycles. The maximum Gasteiger partial charge on any atom is 0.247 e. The van der Waals surface area contributed by atoms with E-state index in [1.165, 1.54) is 0 Å². The summed E-state index contributed by atoms with van der Waals surface area (Å²) in [6, 6.07) is 9.44. The van der Waals surface area contributed by atoms with Crippen molar-refractivity contribution in [1.29, 1.82) is 0 Å². The fourth-order valence-electron chi connectivity index (χ4n) is 4.60. The molecule has 0 bridgehead atoms. The second kappa shape index (κ2) is 8.79. The lowest BCUT2D eigenvalue weighted by atomic mass is 9.83. The molecule has 3 heterocycles. The Morgan fingerprint density at radius 2 is 1.86 bits per heavy atom. The van der Waals surface area contributed by atoms with Crippen LogP contribution in [0.15, 0.2) is 30.3 Å². The van der Waals surface area contributed by atoms with Crippen LogP contribution in [-0.4, -0.2) is 99.1 Å². The SMILES string of the molecule is COCCN1CC(C(=O)N2CCN(C)CC2)C2NN(c3ccccc3)C(=O)C2C1. The number of likely N-dealkylation sites (tertiary alicyclic amines) is 1. The van der Waals surface area contributed by atoms with Crippen molar-refractivity contribution in [2.75, 3.05) is 71.6 Å². The van der Waals surface area contributed by atoms with E-state index >= 15 is 0 Å². The quantitative estimate of drug-likeness (QED) is 0.742. The van der Waals surface area contributed by atoms with Crippen molar-refractivity contribution >= 4 is 17.5 Å². The Labute approximate surface area is 172 Å². The third kappa shape index (κ3) is 4.16. The number of nitrogens with one attached hydrogen (secondary N) is 1. The van der Waals surface area contributed by atoms with Gasteiger partial charge in [-0.05, 0) is 19.2 Å². The van der Waals surface area contributed by atoms with Crippen molar-refractivity contribution in [2.24, 2.45) is 11.8 Å². The molecule has 8 heteroatoms. The Balaban J connectivity index is 1.55. The average molecular weight is 402 g/mol. The maximum absolute atomic E-state index is 13.5. The first-order valence-electron chi connectivity index (χ1n) is 10.4.